The van der Waals surface area contributed by atoms with Crippen molar-refractivity contribution in [3.05, 3.63) is 70.9 Å². The first-order valence-electron chi connectivity index (χ1n) is 14.6. The molecule has 0 amide bonds. The molecule has 6 heteroatoms. The van der Waals surface area contributed by atoms with E-state index in [0.717, 1.165) is 61.4 Å². The molecule has 0 unspecified atom stereocenters. The summed E-state index contributed by atoms with van der Waals surface area (Å²) in [6, 6.07) is 12.1. The highest BCUT2D eigenvalue weighted by Gasteiger charge is 2.27. The third-order valence-electron chi connectivity index (χ3n) is 7.77. The molecule has 6 nitrogen and oxygen atoms in total. The molecule has 2 heterocycles. The maximum absolute atomic E-state index is 10.3. The Bertz CT molecular complexity index is 1100. The fourth-order valence-corrected chi connectivity index (χ4v) is 5.59. The van der Waals surface area contributed by atoms with Crippen LogP contribution in [0.3, 0.4) is 0 Å². The number of hydrogen-bond donors (Lipinski definition) is 4. The van der Waals surface area contributed by atoms with Gasteiger partial charge in [0.15, 0.2) is 11.5 Å². The average Bonchev–Trinajstić information content (AvgIpc) is 3.68. The third-order valence-corrected chi connectivity index (χ3v) is 7.77. The number of nitrogens with one attached hydrogen (secondary N) is 2. The number of benzene rings is 1. The number of rotatable bonds is 16. The SMILES string of the molecule is CCCCc1ccc(CCc2ccc(O)c(OCCc3cc([C@H](CNC[C@H](C)O)C4CCCC4)c[nH]3)c2)o1. The number of aromatic nitrogens is 1. The molecular weight excluding hydrogens is 476 g/mol. The van der Waals surface area contributed by atoms with Gasteiger partial charge in [0.05, 0.1) is 12.7 Å². The van der Waals surface area contributed by atoms with E-state index in [1.165, 1.54) is 37.7 Å². The van der Waals surface area contributed by atoms with E-state index in [1.54, 1.807) is 6.07 Å². The van der Waals surface area contributed by atoms with E-state index in [0.29, 0.717) is 30.7 Å². The number of hydrogen-bond acceptors (Lipinski definition) is 5. The van der Waals surface area contributed by atoms with Crippen LogP contribution in [-0.4, -0.2) is 41.0 Å². The summed E-state index contributed by atoms with van der Waals surface area (Å²) in [5.41, 5.74) is 3.60. The Labute approximate surface area is 227 Å². The lowest BCUT2D eigenvalue weighted by Crippen LogP contribution is -2.30. The van der Waals surface area contributed by atoms with Gasteiger partial charge in [0.25, 0.3) is 0 Å². The number of aromatic hydroxyl groups is 1. The van der Waals surface area contributed by atoms with Crippen LogP contribution >= 0.6 is 0 Å². The van der Waals surface area contributed by atoms with Gasteiger partial charge in [-0.25, -0.2) is 0 Å². The molecular formula is C32H46N2O4. The monoisotopic (exact) mass is 522 g/mol. The maximum Gasteiger partial charge on any atom is 0.161 e. The molecule has 1 aliphatic rings. The lowest BCUT2D eigenvalue weighted by atomic mass is 9.86. The van der Waals surface area contributed by atoms with Crippen LogP contribution in [-0.2, 0) is 25.7 Å². The quantitative estimate of drug-likeness (QED) is 0.177. The molecule has 208 valence electrons. The fraction of sp³-hybridized carbons (Fsp3) is 0.562. The first-order chi connectivity index (χ1) is 18.5. The number of H-pyrrole nitrogens is 1. The minimum Gasteiger partial charge on any atom is -0.504 e. The summed E-state index contributed by atoms with van der Waals surface area (Å²) >= 11 is 0. The van der Waals surface area contributed by atoms with Crippen molar-refractivity contribution in [3.8, 4) is 11.5 Å². The Morgan fingerprint density at radius 3 is 2.58 bits per heavy atom. The normalized spacial score (nSPS) is 15.7. The zero-order valence-corrected chi connectivity index (χ0v) is 23.2. The van der Waals surface area contributed by atoms with E-state index in [4.69, 9.17) is 9.15 Å². The van der Waals surface area contributed by atoms with E-state index >= 15 is 0 Å². The molecule has 1 saturated carbocycles. The van der Waals surface area contributed by atoms with Gasteiger partial charge in [0.2, 0.25) is 0 Å². The Morgan fingerprint density at radius 2 is 1.82 bits per heavy atom. The summed E-state index contributed by atoms with van der Waals surface area (Å²) < 4.78 is 12.0. The first-order valence-corrected chi connectivity index (χ1v) is 14.6. The van der Waals surface area contributed by atoms with Crippen molar-refractivity contribution >= 4 is 0 Å². The molecule has 4 rings (SSSR count). The molecule has 38 heavy (non-hydrogen) atoms. The van der Waals surface area contributed by atoms with Crippen LogP contribution in [0.1, 0.15) is 86.6 Å². The highest BCUT2D eigenvalue weighted by molar-refractivity contribution is 5.42. The zero-order chi connectivity index (χ0) is 26.7. The number of phenolic OH excluding ortho intramolecular Hbond substituents is 1. The van der Waals surface area contributed by atoms with Gasteiger partial charge in [-0.3, -0.25) is 0 Å². The van der Waals surface area contributed by atoms with Crippen molar-refractivity contribution in [2.24, 2.45) is 5.92 Å². The second kappa shape index (κ2) is 14.5. The molecule has 1 fully saturated rings. The Kier molecular flexibility index (Phi) is 10.8. The summed E-state index contributed by atoms with van der Waals surface area (Å²) in [5, 5.41) is 23.4. The van der Waals surface area contributed by atoms with Crippen LogP contribution in [0.15, 0.2) is 47.0 Å². The van der Waals surface area contributed by atoms with Crippen LogP contribution in [0, 0.1) is 5.92 Å². The molecule has 0 bridgehead atoms. The maximum atomic E-state index is 10.3. The van der Waals surface area contributed by atoms with E-state index in [-0.39, 0.29) is 11.9 Å². The molecule has 0 radical (unpaired) electrons. The highest BCUT2D eigenvalue weighted by atomic mass is 16.5. The largest absolute Gasteiger partial charge is 0.504 e. The minimum atomic E-state index is -0.332. The summed E-state index contributed by atoms with van der Waals surface area (Å²) in [4.78, 5) is 3.44. The molecule has 1 aromatic carbocycles. The van der Waals surface area contributed by atoms with Gasteiger partial charge in [-0.15, -0.1) is 0 Å². The minimum absolute atomic E-state index is 0.172. The molecule has 0 spiro atoms. The van der Waals surface area contributed by atoms with Crippen LogP contribution in [0.5, 0.6) is 11.5 Å². The highest BCUT2D eigenvalue weighted by Crippen LogP contribution is 2.37. The predicted molar refractivity (Wildman–Crippen MR) is 152 cm³/mol. The van der Waals surface area contributed by atoms with E-state index in [1.807, 2.05) is 19.1 Å². The lowest BCUT2D eigenvalue weighted by molar-refractivity contribution is 0.189. The van der Waals surface area contributed by atoms with Crippen LogP contribution in [0.4, 0.5) is 0 Å². The standard InChI is InChI=1S/C32H46N2O4/c1-3-4-9-28-13-14-29(38-28)12-10-24-11-15-31(36)32(18-24)37-17-16-27-19-26(21-34-27)30(22-33-20-23(2)35)25-7-5-6-8-25/h11,13-15,18-19,21,23,25,30,33-36H,3-10,12,16-17,20,22H2,1-2H3/t23-,30+/m0/s1. The molecule has 4 N–H and O–H groups in total. The molecule has 2 aromatic heterocycles. The fourth-order valence-electron chi connectivity index (χ4n) is 5.59. The number of aliphatic hydroxyl groups is 1. The predicted octanol–water partition coefficient (Wildman–Crippen LogP) is 6.31. The van der Waals surface area contributed by atoms with Crippen molar-refractivity contribution in [2.75, 3.05) is 19.7 Å². The second-order valence-corrected chi connectivity index (χ2v) is 11.0. The van der Waals surface area contributed by atoms with Gasteiger partial charge in [-0.1, -0.05) is 32.3 Å². The number of aromatic amines is 1. The van der Waals surface area contributed by atoms with Gasteiger partial charge < -0.3 is 29.7 Å². The lowest BCUT2D eigenvalue weighted by Gasteiger charge is -2.23. The number of phenols is 1. The third kappa shape index (κ3) is 8.40. The van der Waals surface area contributed by atoms with Crippen LogP contribution in [0.2, 0.25) is 0 Å². The van der Waals surface area contributed by atoms with Gasteiger partial charge in [0.1, 0.15) is 11.5 Å². The number of unbranched alkanes of at least 4 members (excludes halogenated alkanes) is 1. The van der Waals surface area contributed by atoms with Gasteiger partial charge in [0, 0.05) is 50.2 Å². The summed E-state index contributed by atoms with van der Waals surface area (Å²) in [7, 11) is 0. The number of aliphatic hydroxyl groups excluding tert-OH is 1. The first kappa shape index (κ1) is 28.3. The van der Waals surface area contributed by atoms with Gasteiger partial charge in [-0.05, 0) is 80.0 Å². The van der Waals surface area contributed by atoms with Crippen molar-refractivity contribution in [3.63, 3.8) is 0 Å². The van der Waals surface area contributed by atoms with Crippen LogP contribution < -0.4 is 10.1 Å². The zero-order valence-electron chi connectivity index (χ0n) is 23.2. The number of aryl methyl sites for hydroxylation is 3. The van der Waals surface area contributed by atoms with Crippen molar-refractivity contribution in [1.82, 2.24) is 10.3 Å². The van der Waals surface area contributed by atoms with Crippen LogP contribution in [0.25, 0.3) is 0 Å². The van der Waals surface area contributed by atoms with E-state index in [2.05, 4.69) is 41.6 Å². The number of ether oxygens (including phenoxy) is 1. The molecule has 0 aliphatic heterocycles. The van der Waals surface area contributed by atoms with Gasteiger partial charge >= 0.3 is 0 Å². The topological polar surface area (TPSA) is 90.6 Å². The van der Waals surface area contributed by atoms with Crippen molar-refractivity contribution in [2.45, 2.75) is 90.1 Å². The average molecular weight is 523 g/mol. The van der Waals surface area contributed by atoms with E-state index < -0.39 is 0 Å². The van der Waals surface area contributed by atoms with Crippen molar-refractivity contribution < 1.29 is 19.4 Å². The summed E-state index contributed by atoms with van der Waals surface area (Å²) in [6.45, 7) is 6.02. The van der Waals surface area contributed by atoms with Gasteiger partial charge in [-0.2, -0.15) is 0 Å². The summed E-state index contributed by atoms with van der Waals surface area (Å²) in [5.74, 6) is 3.93. The Balaban J connectivity index is 1.28. The Morgan fingerprint density at radius 1 is 1.03 bits per heavy atom. The molecule has 2 atom stereocenters. The molecule has 0 saturated heterocycles. The molecule has 3 aromatic rings. The number of furan rings is 1. The molecule has 1 aliphatic carbocycles. The summed E-state index contributed by atoms with van der Waals surface area (Å²) in [6.07, 6.45) is 12.7. The second-order valence-electron chi connectivity index (χ2n) is 11.0. The van der Waals surface area contributed by atoms with Crippen molar-refractivity contribution in [1.29, 1.82) is 0 Å². The smallest absolute Gasteiger partial charge is 0.161 e. The van der Waals surface area contributed by atoms with E-state index in [9.17, 15) is 10.2 Å². The Hall–Kier alpha value is -2.70.